The average molecular weight is 415 g/mol. The first-order chi connectivity index (χ1) is 14.0. The van der Waals surface area contributed by atoms with Gasteiger partial charge in [0.25, 0.3) is 0 Å². The van der Waals surface area contributed by atoms with Crippen molar-refractivity contribution >= 4 is 29.1 Å². The Labute approximate surface area is 175 Å². The zero-order valence-corrected chi connectivity index (χ0v) is 16.9. The highest BCUT2D eigenvalue weighted by molar-refractivity contribution is 6.30. The Morgan fingerprint density at radius 3 is 2.59 bits per heavy atom. The Kier molecular flexibility index (Phi) is 5.86. The van der Waals surface area contributed by atoms with Crippen molar-refractivity contribution in [3.8, 4) is 0 Å². The van der Waals surface area contributed by atoms with E-state index in [1.807, 2.05) is 0 Å². The number of nitrogens with zero attached hydrogens (tertiary/aromatic N) is 1. The Morgan fingerprint density at radius 2 is 1.86 bits per heavy atom. The van der Waals surface area contributed by atoms with E-state index in [9.17, 15) is 14.0 Å². The Hall–Kier alpha value is -2.40. The van der Waals surface area contributed by atoms with E-state index in [2.05, 4.69) is 5.32 Å². The molecular formula is C23H24ClFN2O2. The summed E-state index contributed by atoms with van der Waals surface area (Å²) < 4.78 is 13.5. The summed E-state index contributed by atoms with van der Waals surface area (Å²) in [4.78, 5) is 27.4. The van der Waals surface area contributed by atoms with Crippen LogP contribution in [0.15, 0.2) is 42.5 Å². The lowest BCUT2D eigenvalue weighted by molar-refractivity contribution is -0.136. The van der Waals surface area contributed by atoms with Crippen molar-refractivity contribution in [2.24, 2.45) is 5.92 Å². The number of benzene rings is 2. The summed E-state index contributed by atoms with van der Waals surface area (Å²) in [6.45, 7) is -0.0438. The minimum atomic E-state index is -0.501. The molecule has 1 saturated carbocycles. The third-order valence-corrected chi connectivity index (χ3v) is 6.19. The van der Waals surface area contributed by atoms with Gasteiger partial charge in [0.1, 0.15) is 12.4 Å². The molecule has 0 spiro atoms. The van der Waals surface area contributed by atoms with Crippen LogP contribution in [0.2, 0.25) is 5.02 Å². The number of hydrogen-bond acceptors (Lipinski definition) is 2. The summed E-state index contributed by atoms with van der Waals surface area (Å²) in [6, 6.07) is 10.8. The van der Waals surface area contributed by atoms with Gasteiger partial charge in [0.15, 0.2) is 0 Å². The van der Waals surface area contributed by atoms with E-state index in [0.717, 1.165) is 17.5 Å². The molecule has 1 aliphatic carbocycles. The molecule has 2 aromatic carbocycles. The second kappa shape index (κ2) is 8.54. The maximum Gasteiger partial charge on any atom is 0.244 e. The van der Waals surface area contributed by atoms with Crippen LogP contribution in [0, 0.1) is 11.7 Å². The molecule has 0 aromatic heterocycles. The third-order valence-electron chi connectivity index (χ3n) is 5.96. The van der Waals surface area contributed by atoms with Gasteiger partial charge < -0.3 is 10.2 Å². The summed E-state index contributed by atoms with van der Waals surface area (Å²) in [5.41, 5.74) is 2.12. The van der Waals surface area contributed by atoms with E-state index in [0.29, 0.717) is 23.0 Å². The fourth-order valence-corrected chi connectivity index (χ4v) is 4.66. The molecule has 1 fully saturated rings. The van der Waals surface area contributed by atoms with Crippen LogP contribution in [-0.2, 0) is 9.59 Å². The number of nitrogens with one attached hydrogen (secondary N) is 1. The zero-order valence-electron chi connectivity index (χ0n) is 16.2. The van der Waals surface area contributed by atoms with Crippen molar-refractivity contribution in [3.05, 3.63) is 64.4 Å². The molecule has 0 saturated heterocycles. The van der Waals surface area contributed by atoms with Gasteiger partial charge in [0, 0.05) is 22.7 Å². The van der Waals surface area contributed by atoms with Gasteiger partial charge in [-0.25, -0.2) is 4.39 Å². The molecule has 2 aromatic rings. The zero-order chi connectivity index (χ0) is 20.4. The topological polar surface area (TPSA) is 49.4 Å². The van der Waals surface area contributed by atoms with Crippen LogP contribution in [0.5, 0.6) is 0 Å². The number of anilines is 1. The highest BCUT2D eigenvalue weighted by Gasteiger charge is 2.33. The van der Waals surface area contributed by atoms with Crippen LogP contribution in [0.25, 0.3) is 0 Å². The SMILES string of the molecule is O=C1CN(C(=O)CCC2CCCC2)[C@H](c2ccc(F)cc2)c2cc(Cl)ccc2N1. The van der Waals surface area contributed by atoms with Crippen molar-refractivity contribution < 1.29 is 14.0 Å². The number of carbonyl (C=O) groups excluding carboxylic acids is 2. The van der Waals surface area contributed by atoms with Crippen LogP contribution in [0.4, 0.5) is 10.1 Å². The highest BCUT2D eigenvalue weighted by atomic mass is 35.5. The largest absolute Gasteiger partial charge is 0.324 e. The van der Waals surface area contributed by atoms with Crippen LogP contribution in [0.1, 0.15) is 55.7 Å². The quantitative estimate of drug-likeness (QED) is 0.736. The number of amides is 2. The predicted molar refractivity (Wildman–Crippen MR) is 111 cm³/mol. The van der Waals surface area contributed by atoms with E-state index in [1.165, 1.54) is 37.8 Å². The number of rotatable bonds is 4. The molecule has 2 aliphatic rings. The van der Waals surface area contributed by atoms with Crippen LogP contribution in [0.3, 0.4) is 0 Å². The van der Waals surface area contributed by atoms with Crippen LogP contribution in [-0.4, -0.2) is 23.3 Å². The van der Waals surface area contributed by atoms with Crippen LogP contribution < -0.4 is 5.32 Å². The van der Waals surface area contributed by atoms with E-state index >= 15 is 0 Å². The van der Waals surface area contributed by atoms with Gasteiger partial charge in [0.05, 0.1) is 6.04 Å². The van der Waals surface area contributed by atoms with E-state index in [-0.39, 0.29) is 24.2 Å². The molecule has 1 heterocycles. The van der Waals surface area contributed by atoms with Gasteiger partial charge in [-0.3, -0.25) is 9.59 Å². The predicted octanol–water partition coefficient (Wildman–Crippen LogP) is 5.32. The Balaban J connectivity index is 1.70. The van der Waals surface area contributed by atoms with Crippen molar-refractivity contribution in [3.63, 3.8) is 0 Å². The van der Waals surface area contributed by atoms with Crippen molar-refractivity contribution in [2.45, 2.75) is 44.6 Å². The molecular weight excluding hydrogens is 391 g/mol. The second-order valence-corrected chi connectivity index (χ2v) is 8.38. The standard InChI is InChI=1S/C23H24ClFN2O2/c24-17-8-11-20-19(13-17)23(16-6-9-18(25)10-7-16)27(14-21(28)26-20)22(29)12-5-15-3-1-2-4-15/h6-11,13,15,23H,1-5,12,14H2,(H,26,28)/t23-/m1/s1. The summed E-state index contributed by atoms with van der Waals surface area (Å²) >= 11 is 6.24. The molecule has 0 radical (unpaired) electrons. The highest BCUT2D eigenvalue weighted by Crippen LogP contribution is 2.38. The molecule has 2 amide bonds. The molecule has 4 nitrogen and oxygen atoms in total. The smallest absolute Gasteiger partial charge is 0.244 e. The fraction of sp³-hybridized carbons (Fsp3) is 0.391. The summed E-state index contributed by atoms with van der Waals surface area (Å²) in [5, 5.41) is 3.40. The maximum absolute atomic E-state index is 13.5. The minimum absolute atomic E-state index is 0.0438. The molecule has 152 valence electrons. The number of hydrogen-bond donors (Lipinski definition) is 1. The van der Waals surface area contributed by atoms with Gasteiger partial charge in [-0.05, 0) is 48.2 Å². The molecule has 0 bridgehead atoms. The number of halogens is 2. The Bertz CT molecular complexity index is 910. The monoisotopic (exact) mass is 414 g/mol. The second-order valence-electron chi connectivity index (χ2n) is 7.94. The first-order valence-corrected chi connectivity index (χ1v) is 10.5. The molecule has 0 unspecified atom stereocenters. The van der Waals surface area contributed by atoms with E-state index < -0.39 is 6.04 Å². The van der Waals surface area contributed by atoms with Gasteiger partial charge in [-0.2, -0.15) is 0 Å². The van der Waals surface area contributed by atoms with Gasteiger partial charge >= 0.3 is 0 Å². The van der Waals surface area contributed by atoms with Crippen molar-refractivity contribution in [2.75, 3.05) is 11.9 Å². The van der Waals surface area contributed by atoms with Gasteiger partial charge in [-0.15, -0.1) is 0 Å². The maximum atomic E-state index is 13.5. The molecule has 29 heavy (non-hydrogen) atoms. The minimum Gasteiger partial charge on any atom is -0.324 e. The molecule has 1 aliphatic heterocycles. The van der Waals surface area contributed by atoms with E-state index in [1.54, 1.807) is 35.2 Å². The first-order valence-electron chi connectivity index (χ1n) is 10.2. The number of fused-ring (bicyclic) bond motifs is 1. The molecule has 4 rings (SSSR count). The average Bonchev–Trinajstić information content (AvgIpc) is 3.17. The first kappa shape index (κ1) is 19.9. The summed E-state index contributed by atoms with van der Waals surface area (Å²) in [6.07, 6.45) is 6.06. The lowest BCUT2D eigenvalue weighted by Crippen LogP contribution is -2.39. The van der Waals surface area contributed by atoms with Crippen molar-refractivity contribution in [1.82, 2.24) is 4.90 Å². The number of carbonyl (C=O) groups is 2. The van der Waals surface area contributed by atoms with Crippen molar-refractivity contribution in [1.29, 1.82) is 0 Å². The Morgan fingerprint density at radius 1 is 1.14 bits per heavy atom. The molecule has 6 heteroatoms. The normalized spacial score (nSPS) is 19.6. The lowest BCUT2D eigenvalue weighted by Gasteiger charge is -2.31. The molecule has 1 N–H and O–H groups in total. The van der Waals surface area contributed by atoms with E-state index in [4.69, 9.17) is 11.6 Å². The van der Waals surface area contributed by atoms with Crippen LogP contribution >= 0.6 is 11.6 Å². The fourth-order valence-electron chi connectivity index (χ4n) is 4.48. The van der Waals surface area contributed by atoms with Gasteiger partial charge in [0.2, 0.25) is 11.8 Å². The summed E-state index contributed by atoms with van der Waals surface area (Å²) in [7, 11) is 0. The summed E-state index contributed by atoms with van der Waals surface area (Å²) in [5.74, 6) is -0.0608. The third kappa shape index (κ3) is 4.45. The lowest BCUT2D eigenvalue weighted by atomic mass is 9.94. The van der Waals surface area contributed by atoms with Gasteiger partial charge in [-0.1, -0.05) is 49.4 Å². The molecule has 1 atom stereocenters.